The van der Waals surface area contributed by atoms with Crippen molar-refractivity contribution in [3.05, 3.63) is 0 Å². The highest BCUT2D eigenvalue weighted by atomic mass is 32.0. The van der Waals surface area contributed by atoms with Crippen LogP contribution in [0.25, 0.3) is 0 Å². The maximum absolute atomic E-state index is 2.87. The summed E-state index contributed by atoms with van der Waals surface area (Å²) < 4.78 is 0. The molecule has 1 saturated carbocycles. The first kappa shape index (κ1) is 6.97. The normalized spacial score (nSPS) is 39.8. The summed E-state index contributed by atoms with van der Waals surface area (Å²) in [6.45, 7) is 2.37. The lowest BCUT2D eigenvalue weighted by molar-refractivity contribution is 0.613. The Kier molecular flexibility index (Phi) is 2.73. The second-order valence-corrected chi connectivity index (χ2v) is 4.93. The summed E-state index contributed by atoms with van der Waals surface area (Å²) in [5, 5.41) is 0. The Morgan fingerprint density at radius 1 is 1.50 bits per heavy atom. The third kappa shape index (κ3) is 1.67. The maximum Gasteiger partial charge on any atom is -0.0200 e. The molecule has 0 spiro atoms. The van der Waals surface area contributed by atoms with Crippen LogP contribution in [-0.4, -0.2) is 5.66 Å². The molecular formula is C6H14P2. The molecule has 48 valence electrons. The fraction of sp³-hybridized carbons (Fsp3) is 1.00. The molecule has 0 saturated heterocycles. The minimum atomic E-state index is 1.02. The third-order valence-electron chi connectivity index (χ3n) is 1.93. The van der Waals surface area contributed by atoms with E-state index in [1.54, 1.807) is 0 Å². The molecule has 1 fully saturated rings. The Balaban J connectivity index is 2.22. The van der Waals surface area contributed by atoms with Gasteiger partial charge in [0.2, 0.25) is 0 Å². The summed E-state index contributed by atoms with van der Waals surface area (Å²) in [6.07, 6.45) is 4.46. The molecule has 4 atom stereocenters. The predicted octanol–water partition coefficient (Wildman–Crippen LogP) is 2.64. The van der Waals surface area contributed by atoms with Gasteiger partial charge in [-0.05, 0) is 24.4 Å². The second-order valence-electron chi connectivity index (χ2n) is 2.78. The predicted molar refractivity (Wildman–Crippen MR) is 44.8 cm³/mol. The molecule has 0 aromatic heterocycles. The molecule has 0 radical (unpaired) electrons. The van der Waals surface area contributed by atoms with Gasteiger partial charge in [0.1, 0.15) is 0 Å². The summed E-state index contributed by atoms with van der Waals surface area (Å²) in [7, 11) is 3.98. The van der Waals surface area contributed by atoms with E-state index in [2.05, 4.69) is 15.9 Å². The van der Waals surface area contributed by atoms with Crippen molar-refractivity contribution in [3.63, 3.8) is 0 Å². The van der Waals surface area contributed by atoms with Crippen LogP contribution in [0.4, 0.5) is 0 Å². The van der Waals surface area contributed by atoms with Gasteiger partial charge < -0.3 is 0 Å². The van der Waals surface area contributed by atoms with Crippen molar-refractivity contribution in [2.45, 2.75) is 31.8 Å². The highest BCUT2D eigenvalue weighted by Gasteiger charge is 2.18. The zero-order valence-electron chi connectivity index (χ0n) is 5.35. The molecule has 1 rings (SSSR count). The van der Waals surface area contributed by atoms with Gasteiger partial charge in [0.15, 0.2) is 0 Å². The van der Waals surface area contributed by atoms with Gasteiger partial charge in [0.05, 0.1) is 0 Å². The zero-order chi connectivity index (χ0) is 5.98. The van der Waals surface area contributed by atoms with E-state index >= 15 is 0 Å². The maximum atomic E-state index is 2.87. The molecule has 0 aliphatic heterocycles. The summed E-state index contributed by atoms with van der Waals surface area (Å²) >= 11 is 0. The summed E-state index contributed by atoms with van der Waals surface area (Å²) in [4.78, 5) is 0. The average molecular weight is 148 g/mol. The first-order valence-corrected chi connectivity index (χ1v) is 6.17. The van der Waals surface area contributed by atoms with Crippen LogP contribution in [0.5, 0.6) is 0 Å². The van der Waals surface area contributed by atoms with Crippen molar-refractivity contribution in [2.24, 2.45) is 5.92 Å². The molecule has 1 aliphatic carbocycles. The zero-order valence-corrected chi connectivity index (χ0v) is 7.51. The van der Waals surface area contributed by atoms with Gasteiger partial charge in [-0.3, -0.25) is 0 Å². The van der Waals surface area contributed by atoms with Crippen LogP contribution in [0, 0.1) is 5.92 Å². The van der Waals surface area contributed by atoms with E-state index in [0.29, 0.717) is 0 Å². The minimum Gasteiger partial charge on any atom is -0.114 e. The van der Waals surface area contributed by atoms with Gasteiger partial charge >= 0.3 is 0 Å². The van der Waals surface area contributed by atoms with Crippen LogP contribution in [-0.2, 0) is 0 Å². The van der Waals surface area contributed by atoms with E-state index in [1.165, 1.54) is 19.3 Å². The highest BCUT2D eigenvalue weighted by Crippen LogP contribution is 2.41. The molecule has 0 N–H and O–H groups in total. The fourth-order valence-corrected chi connectivity index (χ4v) is 3.14. The standard InChI is InChI=1S/C6H14P2/c1-5-2-3-6(4-5)8-7/h5-6,8H,2-4,7H2,1H3. The fourth-order valence-electron chi connectivity index (χ4n) is 1.36. The van der Waals surface area contributed by atoms with Gasteiger partial charge in [-0.15, -0.1) is 8.93 Å². The van der Waals surface area contributed by atoms with Crippen molar-refractivity contribution in [3.8, 4) is 0 Å². The largest absolute Gasteiger partial charge is 0.114 e. The highest BCUT2D eigenvalue weighted by molar-refractivity contribution is 8.03. The Morgan fingerprint density at radius 3 is 2.50 bits per heavy atom. The van der Waals surface area contributed by atoms with Gasteiger partial charge in [-0.1, -0.05) is 21.6 Å². The summed E-state index contributed by atoms with van der Waals surface area (Å²) in [6, 6.07) is 0. The SMILES string of the molecule is CC1CCC(PP)C1. The molecule has 0 aromatic rings. The quantitative estimate of drug-likeness (QED) is 0.501. The van der Waals surface area contributed by atoms with Crippen LogP contribution < -0.4 is 0 Å². The molecule has 0 bridgehead atoms. The number of hydrogen-bond donors (Lipinski definition) is 0. The third-order valence-corrected chi connectivity index (χ3v) is 4.34. The molecule has 2 heteroatoms. The van der Waals surface area contributed by atoms with Gasteiger partial charge in [-0.2, -0.15) is 0 Å². The van der Waals surface area contributed by atoms with Crippen molar-refractivity contribution in [2.75, 3.05) is 0 Å². The lowest BCUT2D eigenvalue weighted by Crippen LogP contribution is -1.89. The van der Waals surface area contributed by atoms with E-state index in [0.717, 1.165) is 19.8 Å². The average Bonchev–Trinajstić information content (AvgIpc) is 2.14. The molecule has 1 aliphatic rings. The Bertz CT molecular complexity index is 72.9. The first-order valence-electron chi connectivity index (χ1n) is 3.29. The molecule has 4 unspecified atom stereocenters. The summed E-state index contributed by atoms with van der Waals surface area (Å²) in [5.41, 5.74) is 1.06. The Labute approximate surface area is 55.7 Å². The van der Waals surface area contributed by atoms with Gasteiger partial charge in [-0.25, -0.2) is 0 Å². The van der Waals surface area contributed by atoms with Gasteiger partial charge in [0.25, 0.3) is 0 Å². The lowest BCUT2D eigenvalue weighted by atomic mass is 10.1. The summed E-state index contributed by atoms with van der Waals surface area (Å²) in [5.74, 6) is 1.02. The molecule has 8 heavy (non-hydrogen) atoms. The monoisotopic (exact) mass is 148 g/mol. The Morgan fingerprint density at radius 2 is 2.25 bits per heavy atom. The second kappa shape index (κ2) is 3.14. The van der Waals surface area contributed by atoms with E-state index < -0.39 is 0 Å². The van der Waals surface area contributed by atoms with E-state index in [9.17, 15) is 0 Å². The van der Waals surface area contributed by atoms with E-state index in [-0.39, 0.29) is 0 Å². The minimum absolute atomic E-state index is 1.02. The molecule has 0 aromatic carbocycles. The van der Waals surface area contributed by atoms with Crippen LogP contribution in [0.2, 0.25) is 0 Å². The van der Waals surface area contributed by atoms with Crippen LogP contribution in [0.15, 0.2) is 0 Å². The van der Waals surface area contributed by atoms with Crippen molar-refractivity contribution in [1.29, 1.82) is 0 Å². The van der Waals surface area contributed by atoms with Crippen molar-refractivity contribution in [1.82, 2.24) is 0 Å². The smallest absolute Gasteiger partial charge is 0.0200 e. The van der Waals surface area contributed by atoms with Crippen LogP contribution >= 0.6 is 17.2 Å². The number of rotatable bonds is 1. The first-order chi connectivity index (χ1) is 3.83. The molecule has 0 heterocycles. The topological polar surface area (TPSA) is 0 Å². The lowest BCUT2D eigenvalue weighted by Gasteiger charge is -2.02. The molecular weight excluding hydrogens is 134 g/mol. The van der Waals surface area contributed by atoms with Crippen LogP contribution in [0.3, 0.4) is 0 Å². The van der Waals surface area contributed by atoms with E-state index in [4.69, 9.17) is 0 Å². The molecule has 0 nitrogen and oxygen atoms in total. The van der Waals surface area contributed by atoms with Crippen molar-refractivity contribution >= 4 is 17.2 Å². The van der Waals surface area contributed by atoms with E-state index in [1.807, 2.05) is 0 Å². The van der Waals surface area contributed by atoms with Crippen molar-refractivity contribution < 1.29 is 0 Å². The molecule has 0 amide bonds. The van der Waals surface area contributed by atoms with Crippen LogP contribution in [0.1, 0.15) is 26.2 Å². The van der Waals surface area contributed by atoms with Gasteiger partial charge in [0, 0.05) is 0 Å². The number of hydrogen-bond acceptors (Lipinski definition) is 0. The Hall–Kier alpha value is 0.860.